The van der Waals surface area contributed by atoms with Crippen LogP contribution < -0.4 is 10.5 Å². The first-order chi connectivity index (χ1) is 13.4. The van der Waals surface area contributed by atoms with Gasteiger partial charge in [0.05, 0.1) is 16.6 Å². The first-order valence-electron chi connectivity index (χ1n) is 8.98. The van der Waals surface area contributed by atoms with Gasteiger partial charge in [0, 0.05) is 17.6 Å². The van der Waals surface area contributed by atoms with Crippen LogP contribution in [0, 0.1) is 6.92 Å². The van der Waals surface area contributed by atoms with Gasteiger partial charge in [-0.3, -0.25) is 19.2 Å². The van der Waals surface area contributed by atoms with Gasteiger partial charge in [0.1, 0.15) is 11.1 Å². The van der Waals surface area contributed by atoms with Crippen molar-refractivity contribution in [2.24, 2.45) is 7.05 Å². The quantitative estimate of drug-likeness (QED) is 0.643. The number of thioether (sulfide) groups is 1. The van der Waals surface area contributed by atoms with E-state index >= 15 is 0 Å². The molecule has 2 heterocycles. The monoisotopic (exact) mass is 413 g/mol. The van der Waals surface area contributed by atoms with Crippen molar-refractivity contribution in [3.05, 3.63) is 81.2 Å². The molecule has 144 valence electrons. The molecule has 3 aromatic rings. The number of aromatic nitrogens is 2. The first kappa shape index (κ1) is 18.9. The lowest BCUT2D eigenvalue weighted by molar-refractivity contribution is -0.117. The van der Waals surface area contributed by atoms with E-state index in [9.17, 15) is 9.59 Å². The summed E-state index contributed by atoms with van der Waals surface area (Å²) in [6.45, 7) is 3.73. The fraction of sp³-hybridized carbons (Fsp3) is 0.238. The van der Waals surface area contributed by atoms with Crippen molar-refractivity contribution in [1.82, 2.24) is 9.36 Å². The molecule has 1 aliphatic rings. The van der Waals surface area contributed by atoms with E-state index in [4.69, 9.17) is 11.6 Å². The Bertz CT molecular complexity index is 1110. The highest BCUT2D eigenvalue weighted by molar-refractivity contribution is 8.01. The molecule has 0 aliphatic carbocycles. The first-order valence-corrected chi connectivity index (χ1v) is 10.3. The molecule has 2 atom stereocenters. The summed E-state index contributed by atoms with van der Waals surface area (Å²) in [5.41, 5.74) is 2.50. The lowest BCUT2D eigenvalue weighted by Crippen LogP contribution is -2.34. The average molecular weight is 414 g/mol. The van der Waals surface area contributed by atoms with Gasteiger partial charge in [0.2, 0.25) is 5.91 Å². The SMILES string of the molecule is Cc1c(N2C(=O)C(C)SC2c2ccccc2Cl)c(=O)n(-c2ccccc2)n1C. The molecule has 28 heavy (non-hydrogen) atoms. The molecular formula is C21H20ClN3O2S. The Labute approximate surface area is 172 Å². The van der Waals surface area contributed by atoms with Gasteiger partial charge in [-0.2, -0.15) is 0 Å². The van der Waals surface area contributed by atoms with E-state index in [1.54, 1.807) is 14.3 Å². The number of para-hydroxylation sites is 1. The molecule has 0 bridgehead atoms. The molecule has 0 spiro atoms. The van der Waals surface area contributed by atoms with Gasteiger partial charge in [-0.1, -0.05) is 48.0 Å². The van der Waals surface area contributed by atoms with Crippen molar-refractivity contribution < 1.29 is 4.79 Å². The molecule has 1 fully saturated rings. The normalized spacial score (nSPS) is 19.4. The Balaban J connectivity index is 1.91. The zero-order valence-corrected chi connectivity index (χ0v) is 17.4. The molecule has 1 aromatic heterocycles. The standard InChI is InChI=1S/C21H20ClN3O2S/c1-13-18(20(27)25(23(13)3)15-9-5-4-6-10-15)24-19(26)14(2)28-21(24)16-11-7-8-12-17(16)22/h4-12,14,21H,1-3H3. The summed E-state index contributed by atoms with van der Waals surface area (Å²) in [5.74, 6) is -0.0825. The third kappa shape index (κ3) is 2.88. The summed E-state index contributed by atoms with van der Waals surface area (Å²) in [4.78, 5) is 28.1. The van der Waals surface area contributed by atoms with Gasteiger partial charge < -0.3 is 0 Å². The summed E-state index contributed by atoms with van der Waals surface area (Å²) in [5, 5.41) is -0.0106. The number of hydrogen-bond donors (Lipinski definition) is 0. The molecule has 1 aliphatic heterocycles. The minimum absolute atomic E-state index is 0.0825. The predicted octanol–water partition coefficient (Wildman–Crippen LogP) is 4.30. The molecule has 0 N–H and O–H groups in total. The van der Waals surface area contributed by atoms with Crippen molar-refractivity contribution in [3.8, 4) is 5.69 Å². The summed E-state index contributed by atoms with van der Waals surface area (Å²) in [7, 11) is 1.83. The van der Waals surface area contributed by atoms with E-state index < -0.39 is 0 Å². The van der Waals surface area contributed by atoms with E-state index in [1.807, 2.05) is 75.5 Å². The fourth-order valence-corrected chi connectivity index (χ4v) is 5.17. The Hall–Kier alpha value is -2.44. The minimum atomic E-state index is -0.339. The van der Waals surface area contributed by atoms with Gasteiger partial charge >= 0.3 is 0 Å². The van der Waals surface area contributed by atoms with Crippen LogP contribution >= 0.6 is 23.4 Å². The van der Waals surface area contributed by atoms with Crippen molar-refractivity contribution in [1.29, 1.82) is 0 Å². The fourth-order valence-electron chi connectivity index (χ4n) is 3.57. The number of hydrogen-bond acceptors (Lipinski definition) is 3. The van der Waals surface area contributed by atoms with Crippen LogP contribution in [0.1, 0.15) is 23.6 Å². The number of benzene rings is 2. The van der Waals surface area contributed by atoms with E-state index in [0.717, 1.165) is 16.9 Å². The molecule has 4 rings (SSSR count). The minimum Gasteiger partial charge on any atom is -0.288 e. The molecule has 2 unspecified atom stereocenters. The van der Waals surface area contributed by atoms with Crippen LogP contribution in [0.5, 0.6) is 0 Å². The Morgan fingerprint density at radius 2 is 1.64 bits per heavy atom. The van der Waals surface area contributed by atoms with Gasteiger partial charge in [-0.15, -0.1) is 11.8 Å². The number of nitrogens with zero attached hydrogens (tertiary/aromatic N) is 3. The highest BCUT2D eigenvalue weighted by atomic mass is 35.5. The molecule has 2 aromatic carbocycles. The average Bonchev–Trinajstić information content (AvgIpc) is 3.09. The van der Waals surface area contributed by atoms with Crippen LogP contribution in [0.15, 0.2) is 59.4 Å². The van der Waals surface area contributed by atoms with Crippen LogP contribution in [-0.2, 0) is 11.8 Å². The van der Waals surface area contributed by atoms with Crippen LogP contribution in [0.4, 0.5) is 5.69 Å². The molecule has 1 amide bonds. The van der Waals surface area contributed by atoms with Crippen molar-refractivity contribution in [2.75, 3.05) is 4.90 Å². The number of amides is 1. The second-order valence-electron chi connectivity index (χ2n) is 6.77. The summed E-state index contributed by atoms with van der Waals surface area (Å²) >= 11 is 7.93. The molecule has 1 saturated heterocycles. The van der Waals surface area contributed by atoms with E-state index in [2.05, 4.69) is 0 Å². The third-order valence-electron chi connectivity index (χ3n) is 5.09. The van der Waals surface area contributed by atoms with E-state index in [0.29, 0.717) is 10.7 Å². The predicted molar refractivity (Wildman–Crippen MR) is 114 cm³/mol. The highest BCUT2D eigenvalue weighted by Gasteiger charge is 2.43. The van der Waals surface area contributed by atoms with Crippen molar-refractivity contribution in [2.45, 2.75) is 24.5 Å². The lowest BCUT2D eigenvalue weighted by atomic mass is 10.2. The van der Waals surface area contributed by atoms with Crippen LogP contribution in [0.25, 0.3) is 5.69 Å². The van der Waals surface area contributed by atoms with Gasteiger partial charge in [0.25, 0.3) is 5.56 Å². The second-order valence-corrected chi connectivity index (χ2v) is 8.60. The molecular weight excluding hydrogens is 394 g/mol. The van der Waals surface area contributed by atoms with Gasteiger partial charge in [-0.05, 0) is 32.0 Å². The van der Waals surface area contributed by atoms with Crippen LogP contribution in [0.2, 0.25) is 5.02 Å². The van der Waals surface area contributed by atoms with Gasteiger partial charge in [0.15, 0.2) is 0 Å². The third-order valence-corrected chi connectivity index (χ3v) is 6.77. The lowest BCUT2D eigenvalue weighted by Gasteiger charge is -2.23. The van der Waals surface area contributed by atoms with Gasteiger partial charge in [-0.25, -0.2) is 4.68 Å². The molecule has 5 nitrogen and oxygen atoms in total. The van der Waals surface area contributed by atoms with Crippen molar-refractivity contribution in [3.63, 3.8) is 0 Å². The Kier molecular flexibility index (Phi) is 4.85. The van der Waals surface area contributed by atoms with Crippen LogP contribution in [-0.4, -0.2) is 20.5 Å². The summed E-state index contributed by atoms with van der Waals surface area (Å²) in [6, 6.07) is 16.9. The Morgan fingerprint density at radius 1 is 1.00 bits per heavy atom. The van der Waals surface area contributed by atoms with E-state index in [-0.39, 0.29) is 22.1 Å². The number of carbonyl (C=O) groups excluding carboxylic acids is 1. The maximum Gasteiger partial charge on any atom is 0.295 e. The second kappa shape index (κ2) is 7.18. The topological polar surface area (TPSA) is 47.2 Å². The highest BCUT2D eigenvalue weighted by Crippen LogP contribution is 2.47. The largest absolute Gasteiger partial charge is 0.295 e. The smallest absolute Gasteiger partial charge is 0.288 e. The number of anilines is 1. The Morgan fingerprint density at radius 3 is 2.32 bits per heavy atom. The maximum atomic E-state index is 13.4. The molecule has 7 heteroatoms. The molecule has 0 radical (unpaired) electrons. The summed E-state index contributed by atoms with van der Waals surface area (Å²) < 4.78 is 3.38. The van der Waals surface area contributed by atoms with Crippen LogP contribution in [0.3, 0.4) is 0 Å². The zero-order valence-electron chi connectivity index (χ0n) is 15.8. The maximum absolute atomic E-state index is 13.4. The summed E-state index contributed by atoms with van der Waals surface area (Å²) in [6.07, 6.45) is 0. The zero-order chi connectivity index (χ0) is 20.0. The number of rotatable bonds is 3. The number of halogens is 1. The van der Waals surface area contributed by atoms with Crippen molar-refractivity contribution >= 4 is 35.0 Å². The van der Waals surface area contributed by atoms with E-state index in [1.165, 1.54) is 11.8 Å². The molecule has 0 saturated carbocycles. The number of carbonyl (C=O) groups is 1.